The Morgan fingerprint density at radius 1 is 1.09 bits per heavy atom. The molecule has 1 atom stereocenters. The highest BCUT2D eigenvalue weighted by molar-refractivity contribution is 7.89. The second kappa shape index (κ2) is 5.93. The summed E-state index contributed by atoms with van der Waals surface area (Å²) in [5.74, 6) is -0.382. The number of carbonyl (C=O) groups excluding carboxylic acids is 2. The second-order valence-electron chi connectivity index (χ2n) is 6.08. The fourth-order valence-corrected chi connectivity index (χ4v) is 3.45. The number of nitrogens with one attached hydrogen (secondary N) is 1. The van der Waals surface area contributed by atoms with Crippen LogP contribution in [0.1, 0.15) is 40.0 Å². The highest BCUT2D eigenvalue weighted by atomic mass is 32.2. The Bertz CT molecular complexity index is 726. The lowest BCUT2D eigenvalue weighted by Crippen LogP contribution is -2.34. The van der Waals surface area contributed by atoms with E-state index in [-0.39, 0.29) is 24.4 Å². The number of primary sulfonamides is 1. The SMILES string of the molecule is NS(=O)(=O)C1CCN(C(=O)c2ccc(C(=O)NC3CC3)cc2)C1. The Morgan fingerprint density at radius 2 is 1.70 bits per heavy atom. The number of hydrogen-bond acceptors (Lipinski definition) is 4. The predicted molar refractivity (Wildman–Crippen MR) is 84.3 cm³/mol. The zero-order valence-corrected chi connectivity index (χ0v) is 13.4. The van der Waals surface area contributed by atoms with Gasteiger partial charge >= 0.3 is 0 Å². The van der Waals surface area contributed by atoms with Gasteiger partial charge in [0.1, 0.15) is 0 Å². The smallest absolute Gasteiger partial charge is 0.253 e. The predicted octanol–water partition coefficient (Wildman–Crippen LogP) is 0.0818. The van der Waals surface area contributed by atoms with Gasteiger partial charge in [-0.25, -0.2) is 13.6 Å². The Labute approximate surface area is 134 Å². The third kappa shape index (κ3) is 3.70. The summed E-state index contributed by atoms with van der Waals surface area (Å²) in [5, 5.41) is 7.31. The zero-order chi connectivity index (χ0) is 16.6. The number of amides is 2. The molecule has 8 heteroatoms. The maximum atomic E-state index is 12.4. The van der Waals surface area contributed by atoms with Crippen molar-refractivity contribution in [2.45, 2.75) is 30.6 Å². The number of sulfonamides is 1. The van der Waals surface area contributed by atoms with E-state index in [1.54, 1.807) is 24.3 Å². The molecule has 3 N–H and O–H groups in total. The van der Waals surface area contributed by atoms with Gasteiger partial charge in [0.25, 0.3) is 11.8 Å². The average Bonchev–Trinajstić information content (AvgIpc) is 3.17. The van der Waals surface area contributed by atoms with Gasteiger partial charge in [0.15, 0.2) is 0 Å². The van der Waals surface area contributed by atoms with Crippen molar-refractivity contribution in [2.24, 2.45) is 5.14 Å². The standard InChI is InChI=1S/C15H19N3O4S/c16-23(21,22)13-7-8-18(9-13)15(20)11-3-1-10(2-4-11)14(19)17-12-5-6-12/h1-4,12-13H,5-9H2,(H,17,19)(H2,16,21,22). The van der Waals surface area contributed by atoms with E-state index in [4.69, 9.17) is 5.14 Å². The molecule has 1 aliphatic carbocycles. The van der Waals surface area contributed by atoms with E-state index in [1.807, 2.05) is 0 Å². The fourth-order valence-electron chi connectivity index (χ4n) is 2.62. The van der Waals surface area contributed by atoms with Gasteiger partial charge in [-0.2, -0.15) is 0 Å². The lowest BCUT2D eigenvalue weighted by molar-refractivity contribution is 0.0792. The van der Waals surface area contributed by atoms with Gasteiger partial charge in [-0.3, -0.25) is 9.59 Å². The highest BCUT2D eigenvalue weighted by Gasteiger charge is 2.33. The Kier molecular flexibility index (Phi) is 4.11. The van der Waals surface area contributed by atoms with Crippen LogP contribution in [0.2, 0.25) is 0 Å². The molecule has 1 saturated carbocycles. The van der Waals surface area contributed by atoms with E-state index in [9.17, 15) is 18.0 Å². The minimum Gasteiger partial charge on any atom is -0.349 e. The quantitative estimate of drug-likeness (QED) is 0.811. The van der Waals surface area contributed by atoms with Gasteiger partial charge in [0, 0.05) is 30.3 Å². The average molecular weight is 337 g/mol. The first-order valence-corrected chi connectivity index (χ1v) is 9.17. The summed E-state index contributed by atoms with van der Waals surface area (Å²) in [6.45, 7) is 0.478. The molecule has 0 spiro atoms. The van der Waals surface area contributed by atoms with E-state index in [0.29, 0.717) is 24.1 Å². The van der Waals surface area contributed by atoms with Gasteiger partial charge in [-0.15, -0.1) is 0 Å². The summed E-state index contributed by atoms with van der Waals surface area (Å²) < 4.78 is 22.7. The molecule has 0 radical (unpaired) electrons. The number of nitrogens with two attached hydrogens (primary N) is 1. The molecule has 7 nitrogen and oxygen atoms in total. The van der Waals surface area contributed by atoms with Crippen molar-refractivity contribution >= 4 is 21.8 Å². The summed E-state index contributed by atoms with van der Waals surface area (Å²) >= 11 is 0. The van der Waals surface area contributed by atoms with Crippen LogP contribution in [0, 0.1) is 0 Å². The van der Waals surface area contributed by atoms with Crippen molar-refractivity contribution < 1.29 is 18.0 Å². The molecule has 1 aromatic carbocycles. The minimum absolute atomic E-state index is 0.113. The molecule has 2 aliphatic rings. The van der Waals surface area contributed by atoms with Gasteiger partial charge in [0.05, 0.1) is 5.25 Å². The van der Waals surface area contributed by atoms with Crippen molar-refractivity contribution in [3.63, 3.8) is 0 Å². The zero-order valence-electron chi connectivity index (χ0n) is 12.6. The molecule has 0 aromatic heterocycles. The lowest BCUT2D eigenvalue weighted by atomic mass is 10.1. The largest absolute Gasteiger partial charge is 0.349 e. The number of hydrogen-bond donors (Lipinski definition) is 2. The number of benzene rings is 1. The summed E-state index contributed by atoms with van der Waals surface area (Å²) in [4.78, 5) is 25.8. The third-order valence-electron chi connectivity index (χ3n) is 4.20. The van der Waals surface area contributed by atoms with E-state index in [1.165, 1.54) is 4.90 Å². The molecule has 23 heavy (non-hydrogen) atoms. The van der Waals surface area contributed by atoms with E-state index in [0.717, 1.165) is 12.8 Å². The molecule has 1 heterocycles. The van der Waals surface area contributed by atoms with E-state index < -0.39 is 15.3 Å². The summed E-state index contributed by atoms with van der Waals surface area (Å²) in [7, 11) is -3.62. The van der Waals surface area contributed by atoms with Crippen molar-refractivity contribution in [3.05, 3.63) is 35.4 Å². The second-order valence-corrected chi connectivity index (χ2v) is 7.92. The van der Waals surface area contributed by atoms with Crippen molar-refractivity contribution in [1.29, 1.82) is 0 Å². The normalized spacial score (nSPS) is 21.3. The summed E-state index contributed by atoms with van der Waals surface area (Å²) in [6, 6.07) is 6.68. The maximum Gasteiger partial charge on any atom is 0.253 e. The van der Waals surface area contributed by atoms with Crippen LogP contribution < -0.4 is 10.5 Å². The highest BCUT2D eigenvalue weighted by Crippen LogP contribution is 2.20. The van der Waals surface area contributed by atoms with Gasteiger partial charge < -0.3 is 10.2 Å². The van der Waals surface area contributed by atoms with Gasteiger partial charge in [-0.1, -0.05) is 0 Å². The number of rotatable bonds is 4. The third-order valence-corrected chi connectivity index (χ3v) is 5.52. The van der Waals surface area contributed by atoms with Crippen molar-refractivity contribution in [1.82, 2.24) is 10.2 Å². The monoisotopic (exact) mass is 337 g/mol. The van der Waals surface area contributed by atoms with Crippen LogP contribution in [0.5, 0.6) is 0 Å². The summed E-state index contributed by atoms with van der Waals surface area (Å²) in [5.41, 5.74) is 0.945. The van der Waals surface area contributed by atoms with Crippen LogP contribution in [0.25, 0.3) is 0 Å². The first kappa shape index (κ1) is 15.9. The topological polar surface area (TPSA) is 110 Å². The number of likely N-dealkylation sites (tertiary alicyclic amines) is 1. The maximum absolute atomic E-state index is 12.4. The van der Waals surface area contributed by atoms with Crippen molar-refractivity contribution in [3.8, 4) is 0 Å². The molecule has 1 aromatic rings. The molecule has 1 saturated heterocycles. The van der Waals surface area contributed by atoms with Crippen molar-refractivity contribution in [2.75, 3.05) is 13.1 Å². The molecular weight excluding hydrogens is 318 g/mol. The van der Waals surface area contributed by atoms with E-state index >= 15 is 0 Å². The fraction of sp³-hybridized carbons (Fsp3) is 0.467. The van der Waals surface area contributed by atoms with Crippen LogP contribution in [-0.2, 0) is 10.0 Å². The summed E-state index contributed by atoms with van der Waals surface area (Å²) in [6.07, 6.45) is 2.39. The minimum atomic E-state index is -3.62. The number of carbonyl (C=O) groups is 2. The number of nitrogens with zero attached hydrogens (tertiary/aromatic N) is 1. The molecule has 2 amide bonds. The van der Waals surface area contributed by atoms with Crippen LogP contribution in [0.4, 0.5) is 0 Å². The van der Waals surface area contributed by atoms with Crippen LogP contribution in [0.15, 0.2) is 24.3 Å². The molecule has 0 bridgehead atoms. The Hall–Kier alpha value is -1.93. The first-order chi connectivity index (χ1) is 10.8. The van der Waals surface area contributed by atoms with Gasteiger partial charge in [-0.05, 0) is 43.5 Å². The van der Waals surface area contributed by atoms with Crippen LogP contribution in [-0.4, -0.2) is 49.5 Å². The van der Waals surface area contributed by atoms with Crippen LogP contribution >= 0.6 is 0 Å². The molecule has 124 valence electrons. The van der Waals surface area contributed by atoms with Gasteiger partial charge in [0.2, 0.25) is 10.0 Å². The molecule has 3 rings (SSSR count). The van der Waals surface area contributed by atoms with Crippen LogP contribution in [0.3, 0.4) is 0 Å². The molecule has 2 fully saturated rings. The van der Waals surface area contributed by atoms with E-state index in [2.05, 4.69) is 5.32 Å². The molecule has 1 aliphatic heterocycles. The molecular formula is C15H19N3O4S. The lowest BCUT2D eigenvalue weighted by Gasteiger charge is -2.16. The Balaban J connectivity index is 1.65. The molecule has 1 unspecified atom stereocenters. The Morgan fingerprint density at radius 3 is 2.22 bits per heavy atom. The first-order valence-electron chi connectivity index (χ1n) is 7.56.